The van der Waals surface area contributed by atoms with E-state index in [0.29, 0.717) is 0 Å². The molecule has 2 aliphatic heterocycles. The largest absolute Gasteiger partial charge is 0.495 e. The van der Waals surface area contributed by atoms with Crippen LogP contribution in [0.2, 0.25) is 0 Å². The maximum Gasteiger partial charge on any atom is 0.126 e. The number of nitrogens with one attached hydrogen (secondary N) is 1. The number of ether oxygens (including phenoxy) is 1. The quantitative estimate of drug-likeness (QED) is 0.629. The van der Waals surface area contributed by atoms with E-state index in [-0.39, 0.29) is 6.04 Å². The Kier molecular flexibility index (Phi) is 2.33. The molecule has 1 fully saturated rings. The van der Waals surface area contributed by atoms with Gasteiger partial charge in [-0.1, -0.05) is 0 Å². The monoisotopic (exact) mass is 169 g/mol. The summed E-state index contributed by atoms with van der Waals surface area (Å²) in [5, 5.41) is 13.1. The molecule has 2 heterocycles. The lowest BCUT2D eigenvalue weighted by Crippen LogP contribution is -2.36. The summed E-state index contributed by atoms with van der Waals surface area (Å²) in [7, 11) is 0. The maximum absolute atomic E-state index is 9.79. The first-order valence-electron chi connectivity index (χ1n) is 4.62. The number of hydrogen-bond acceptors (Lipinski definition) is 3. The van der Waals surface area contributed by atoms with Crippen molar-refractivity contribution in [3.63, 3.8) is 0 Å². The summed E-state index contributed by atoms with van der Waals surface area (Å²) < 4.78 is 5.30. The molecule has 0 spiro atoms. The fraction of sp³-hybridized carbons (Fsp3) is 0.778. The van der Waals surface area contributed by atoms with Gasteiger partial charge in [0.05, 0.1) is 6.61 Å². The molecule has 0 saturated carbocycles. The molecule has 3 heteroatoms. The molecule has 1 saturated heterocycles. The number of hydrogen-bond donors (Lipinski definition) is 2. The third kappa shape index (κ3) is 1.47. The van der Waals surface area contributed by atoms with Gasteiger partial charge in [-0.15, -0.1) is 0 Å². The Hall–Kier alpha value is -0.540. The topological polar surface area (TPSA) is 41.5 Å². The van der Waals surface area contributed by atoms with E-state index < -0.39 is 6.10 Å². The minimum absolute atomic E-state index is 0.217. The van der Waals surface area contributed by atoms with Crippen LogP contribution < -0.4 is 5.32 Å². The number of aliphatic hydroxyl groups is 1. The molecule has 0 aromatic carbocycles. The highest BCUT2D eigenvalue weighted by Gasteiger charge is 2.27. The normalized spacial score (nSPS) is 31.4. The molecule has 2 atom stereocenters. The molecular formula is C9H15NO2. The summed E-state index contributed by atoms with van der Waals surface area (Å²) >= 11 is 0. The van der Waals surface area contributed by atoms with Gasteiger partial charge in [0.2, 0.25) is 0 Å². The van der Waals surface area contributed by atoms with E-state index in [9.17, 15) is 5.11 Å². The Labute approximate surface area is 72.4 Å². The first-order chi connectivity index (χ1) is 5.88. The van der Waals surface area contributed by atoms with Crippen LogP contribution in [0.25, 0.3) is 0 Å². The second-order valence-electron chi connectivity index (χ2n) is 3.39. The Bertz CT molecular complexity index is 185. The zero-order valence-corrected chi connectivity index (χ0v) is 7.12. The maximum atomic E-state index is 9.79. The third-order valence-electron chi connectivity index (χ3n) is 2.50. The molecule has 0 aliphatic carbocycles. The SMILES string of the molecule is OC(C1=CCCO1)[C@H]1CCCN1. The van der Waals surface area contributed by atoms with Crippen molar-refractivity contribution >= 4 is 0 Å². The summed E-state index contributed by atoms with van der Waals surface area (Å²) in [6, 6.07) is 0.217. The van der Waals surface area contributed by atoms with E-state index in [4.69, 9.17) is 4.74 Å². The number of rotatable bonds is 2. The van der Waals surface area contributed by atoms with Crippen LogP contribution in [0.1, 0.15) is 19.3 Å². The van der Waals surface area contributed by atoms with Crippen molar-refractivity contribution in [1.82, 2.24) is 5.32 Å². The van der Waals surface area contributed by atoms with Crippen molar-refractivity contribution in [2.75, 3.05) is 13.2 Å². The molecule has 2 N–H and O–H groups in total. The molecule has 0 bridgehead atoms. The Balaban J connectivity index is 1.93. The smallest absolute Gasteiger partial charge is 0.126 e. The Morgan fingerprint density at radius 2 is 2.58 bits per heavy atom. The number of aliphatic hydroxyl groups excluding tert-OH is 1. The summed E-state index contributed by atoms with van der Waals surface area (Å²) in [6.45, 7) is 1.76. The average Bonchev–Trinajstić information content (AvgIpc) is 2.77. The second kappa shape index (κ2) is 3.46. The summed E-state index contributed by atoms with van der Waals surface area (Å²) in [6.07, 6.45) is 4.73. The zero-order chi connectivity index (χ0) is 8.39. The van der Waals surface area contributed by atoms with Crippen LogP contribution in [-0.4, -0.2) is 30.4 Å². The van der Waals surface area contributed by atoms with Gasteiger partial charge >= 0.3 is 0 Å². The third-order valence-corrected chi connectivity index (χ3v) is 2.50. The molecule has 2 aliphatic rings. The average molecular weight is 169 g/mol. The highest BCUT2D eigenvalue weighted by atomic mass is 16.5. The minimum atomic E-state index is -0.421. The molecule has 2 rings (SSSR count). The molecule has 0 radical (unpaired) electrons. The van der Waals surface area contributed by atoms with Gasteiger partial charge in [-0.05, 0) is 25.5 Å². The lowest BCUT2D eigenvalue weighted by molar-refractivity contribution is 0.0938. The Morgan fingerprint density at radius 1 is 1.67 bits per heavy atom. The van der Waals surface area contributed by atoms with Crippen LogP contribution in [0.3, 0.4) is 0 Å². The van der Waals surface area contributed by atoms with Crippen molar-refractivity contribution in [3.05, 3.63) is 11.8 Å². The summed E-state index contributed by atoms with van der Waals surface area (Å²) in [5.74, 6) is 0.773. The van der Waals surface area contributed by atoms with Crippen molar-refractivity contribution in [1.29, 1.82) is 0 Å². The summed E-state index contributed by atoms with van der Waals surface area (Å²) in [4.78, 5) is 0. The van der Waals surface area contributed by atoms with Gasteiger partial charge in [0.25, 0.3) is 0 Å². The predicted molar refractivity (Wildman–Crippen MR) is 45.7 cm³/mol. The minimum Gasteiger partial charge on any atom is -0.495 e. The fourth-order valence-corrected chi connectivity index (χ4v) is 1.82. The molecule has 1 unspecified atom stereocenters. The van der Waals surface area contributed by atoms with E-state index in [1.165, 1.54) is 0 Å². The van der Waals surface area contributed by atoms with Crippen LogP contribution in [0.15, 0.2) is 11.8 Å². The zero-order valence-electron chi connectivity index (χ0n) is 7.12. The van der Waals surface area contributed by atoms with Crippen molar-refractivity contribution in [2.45, 2.75) is 31.4 Å². The fourth-order valence-electron chi connectivity index (χ4n) is 1.82. The van der Waals surface area contributed by atoms with Gasteiger partial charge < -0.3 is 15.2 Å². The van der Waals surface area contributed by atoms with Crippen LogP contribution >= 0.6 is 0 Å². The van der Waals surface area contributed by atoms with E-state index in [0.717, 1.165) is 38.2 Å². The Morgan fingerprint density at radius 3 is 3.17 bits per heavy atom. The highest BCUT2D eigenvalue weighted by molar-refractivity contribution is 5.08. The first kappa shape index (κ1) is 8.08. The van der Waals surface area contributed by atoms with E-state index in [1.54, 1.807) is 0 Å². The molecule has 68 valence electrons. The van der Waals surface area contributed by atoms with Crippen LogP contribution in [0.4, 0.5) is 0 Å². The lowest BCUT2D eigenvalue weighted by atomic mass is 10.1. The molecule has 12 heavy (non-hydrogen) atoms. The molecule has 3 nitrogen and oxygen atoms in total. The van der Waals surface area contributed by atoms with Gasteiger partial charge in [0, 0.05) is 12.5 Å². The summed E-state index contributed by atoms with van der Waals surface area (Å²) in [5.41, 5.74) is 0. The first-order valence-corrected chi connectivity index (χ1v) is 4.62. The van der Waals surface area contributed by atoms with Crippen LogP contribution in [0.5, 0.6) is 0 Å². The second-order valence-corrected chi connectivity index (χ2v) is 3.39. The van der Waals surface area contributed by atoms with Crippen LogP contribution in [0, 0.1) is 0 Å². The molecular weight excluding hydrogens is 154 g/mol. The molecule has 0 aromatic heterocycles. The van der Waals surface area contributed by atoms with Gasteiger partial charge in [-0.3, -0.25) is 0 Å². The van der Waals surface area contributed by atoms with E-state index >= 15 is 0 Å². The predicted octanol–water partition coefficient (Wildman–Crippen LogP) is 0.403. The highest BCUT2D eigenvalue weighted by Crippen LogP contribution is 2.20. The molecule has 0 aromatic rings. The van der Waals surface area contributed by atoms with Crippen molar-refractivity contribution in [2.24, 2.45) is 0 Å². The van der Waals surface area contributed by atoms with Gasteiger partial charge in [0.1, 0.15) is 11.9 Å². The van der Waals surface area contributed by atoms with Gasteiger partial charge in [-0.2, -0.15) is 0 Å². The van der Waals surface area contributed by atoms with Gasteiger partial charge in [-0.25, -0.2) is 0 Å². The van der Waals surface area contributed by atoms with E-state index in [1.807, 2.05) is 6.08 Å². The van der Waals surface area contributed by atoms with E-state index in [2.05, 4.69) is 5.32 Å². The standard InChI is InChI=1S/C9H15NO2/c11-9(7-3-1-5-10-7)8-4-2-6-12-8/h4,7,9-11H,1-3,5-6H2/t7-,9?/m1/s1. The molecule has 0 amide bonds. The van der Waals surface area contributed by atoms with Crippen molar-refractivity contribution in [3.8, 4) is 0 Å². The van der Waals surface area contributed by atoms with Gasteiger partial charge in [0.15, 0.2) is 0 Å². The van der Waals surface area contributed by atoms with Crippen LogP contribution in [-0.2, 0) is 4.74 Å². The van der Waals surface area contributed by atoms with Crippen molar-refractivity contribution < 1.29 is 9.84 Å². The lowest BCUT2D eigenvalue weighted by Gasteiger charge is -2.18.